The van der Waals surface area contributed by atoms with Gasteiger partial charge in [0.15, 0.2) is 0 Å². The number of allylic oxidation sites excluding steroid dienone is 1. The largest absolute Gasteiger partial charge is 0.462 e. The average Bonchev–Trinajstić information content (AvgIpc) is 3.24. The minimum atomic E-state index is -0.239. The second kappa shape index (κ2) is 11.6. The zero-order valence-corrected chi connectivity index (χ0v) is 24.0. The van der Waals surface area contributed by atoms with Crippen molar-refractivity contribution in [3.05, 3.63) is 72.3 Å². The van der Waals surface area contributed by atoms with Crippen molar-refractivity contribution in [3.8, 4) is 0 Å². The van der Waals surface area contributed by atoms with E-state index in [-0.39, 0.29) is 28.9 Å². The Hall–Kier alpha value is -3.41. The molecule has 4 aliphatic carbocycles. The summed E-state index contributed by atoms with van der Waals surface area (Å²) in [6.07, 6.45) is 10.8. The number of hydrogen-bond donors (Lipinski definition) is 2. The molecule has 2 aromatic rings. The van der Waals surface area contributed by atoms with Crippen molar-refractivity contribution in [2.45, 2.75) is 78.2 Å². The first-order chi connectivity index (χ1) is 19.2. The molecule has 2 amide bonds. The van der Waals surface area contributed by atoms with Crippen molar-refractivity contribution < 1.29 is 19.1 Å². The number of hydrogen-bond acceptors (Lipinski definition) is 4. The van der Waals surface area contributed by atoms with E-state index in [1.807, 2.05) is 60.7 Å². The van der Waals surface area contributed by atoms with Crippen LogP contribution in [0.4, 0.5) is 16.2 Å². The molecule has 2 N–H and O–H groups in total. The van der Waals surface area contributed by atoms with Crippen LogP contribution in [0, 0.1) is 28.6 Å². The van der Waals surface area contributed by atoms with E-state index in [9.17, 15) is 14.4 Å². The molecule has 6 atom stereocenters. The SMILES string of the molecule is CC(=O)OC1CCC2(C)C(=CCC3C4CCC(=O)C4(C)CCC32)C1.O=C(Nc1ccccc1)Nc1ccccc1. The van der Waals surface area contributed by atoms with Crippen LogP contribution in [0.5, 0.6) is 0 Å². The second-order valence-electron chi connectivity index (χ2n) is 12.5. The van der Waals surface area contributed by atoms with Crippen LogP contribution in [0.2, 0.25) is 0 Å². The molecule has 4 aliphatic rings. The van der Waals surface area contributed by atoms with Crippen molar-refractivity contribution in [1.82, 2.24) is 0 Å². The van der Waals surface area contributed by atoms with Gasteiger partial charge in [0.1, 0.15) is 11.9 Å². The van der Waals surface area contributed by atoms with Gasteiger partial charge in [-0.25, -0.2) is 4.79 Å². The summed E-state index contributed by atoms with van der Waals surface area (Å²) in [6.45, 7) is 6.19. The van der Waals surface area contributed by atoms with Gasteiger partial charge in [-0.05, 0) is 86.0 Å². The zero-order chi connectivity index (χ0) is 28.3. The predicted octanol–water partition coefficient (Wildman–Crippen LogP) is 7.78. The summed E-state index contributed by atoms with van der Waals surface area (Å²) >= 11 is 0. The lowest BCUT2D eigenvalue weighted by Gasteiger charge is -2.56. The van der Waals surface area contributed by atoms with Gasteiger partial charge in [0, 0.05) is 36.6 Å². The number of Topliss-reactive ketones (excluding diaryl/α,β-unsaturated/α-hetero) is 1. The number of nitrogens with one attached hydrogen (secondary N) is 2. The normalized spacial score (nSPS) is 32.2. The van der Waals surface area contributed by atoms with Crippen molar-refractivity contribution >= 4 is 29.2 Å². The number of ketones is 1. The van der Waals surface area contributed by atoms with Gasteiger partial charge in [0.2, 0.25) is 0 Å². The molecule has 0 radical (unpaired) electrons. The van der Waals surface area contributed by atoms with E-state index in [1.54, 1.807) is 0 Å². The van der Waals surface area contributed by atoms with Gasteiger partial charge >= 0.3 is 12.0 Å². The van der Waals surface area contributed by atoms with Crippen LogP contribution in [-0.4, -0.2) is 23.9 Å². The van der Waals surface area contributed by atoms with E-state index >= 15 is 0 Å². The predicted molar refractivity (Wildman–Crippen MR) is 158 cm³/mol. The van der Waals surface area contributed by atoms with Gasteiger partial charge in [-0.1, -0.05) is 61.9 Å². The molecule has 6 heteroatoms. The van der Waals surface area contributed by atoms with Crippen LogP contribution in [-0.2, 0) is 14.3 Å². The monoisotopic (exact) mass is 542 g/mol. The summed E-state index contributed by atoms with van der Waals surface area (Å²) in [5, 5.41) is 5.48. The lowest BCUT2D eigenvalue weighted by Crippen LogP contribution is -2.50. The number of fused-ring (bicyclic) bond motifs is 5. The van der Waals surface area contributed by atoms with Crippen LogP contribution < -0.4 is 10.6 Å². The Bertz CT molecular complexity index is 1220. The highest BCUT2D eigenvalue weighted by Gasteiger charge is 2.58. The van der Waals surface area contributed by atoms with Crippen LogP contribution in [0.1, 0.15) is 72.1 Å². The van der Waals surface area contributed by atoms with Crippen molar-refractivity contribution in [2.24, 2.45) is 28.6 Å². The number of ether oxygens (including phenoxy) is 1. The number of rotatable bonds is 3. The fourth-order valence-corrected chi connectivity index (χ4v) is 8.07. The smallest absolute Gasteiger partial charge is 0.323 e. The van der Waals surface area contributed by atoms with Crippen LogP contribution >= 0.6 is 0 Å². The Kier molecular flexibility index (Phi) is 8.16. The Labute approximate surface area is 238 Å². The number of anilines is 2. The van der Waals surface area contributed by atoms with Crippen molar-refractivity contribution in [2.75, 3.05) is 10.6 Å². The van der Waals surface area contributed by atoms with Crippen LogP contribution in [0.15, 0.2) is 72.3 Å². The summed E-state index contributed by atoms with van der Waals surface area (Å²) < 4.78 is 5.50. The van der Waals surface area contributed by atoms with E-state index in [1.165, 1.54) is 18.9 Å². The Morgan fingerprint density at radius 1 is 0.825 bits per heavy atom. The Balaban J connectivity index is 0.000000176. The fourth-order valence-electron chi connectivity index (χ4n) is 8.07. The Morgan fingerprint density at radius 3 is 2.00 bits per heavy atom. The molecule has 0 bridgehead atoms. The summed E-state index contributed by atoms with van der Waals surface area (Å²) in [5.41, 5.74) is 3.28. The molecule has 6 rings (SSSR count). The summed E-state index contributed by atoms with van der Waals surface area (Å²) in [5.74, 6) is 2.33. The van der Waals surface area contributed by atoms with E-state index in [4.69, 9.17) is 4.74 Å². The molecule has 0 spiro atoms. The molecule has 2 aromatic carbocycles. The molecule has 0 aliphatic heterocycles. The molecule has 0 saturated heterocycles. The number of urea groups is 1. The third-order valence-corrected chi connectivity index (χ3v) is 10.2. The van der Waals surface area contributed by atoms with E-state index in [0.29, 0.717) is 23.5 Å². The molecule has 40 heavy (non-hydrogen) atoms. The molecule has 6 nitrogen and oxygen atoms in total. The maximum atomic E-state index is 12.4. The summed E-state index contributed by atoms with van der Waals surface area (Å²) in [6, 6.07) is 18.4. The minimum Gasteiger partial charge on any atom is -0.462 e. The number of carbonyl (C=O) groups excluding carboxylic acids is 3. The highest BCUT2D eigenvalue weighted by Crippen LogP contribution is 2.64. The molecule has 0 heterocycles. The Morgan fingerprint density at radius 2 is 1.40 bits per heavy atom. The second-order valence-corrected chi connectivity index (χ2v) is 12.5. The standard InChI is InChI=1S/C21H30O3.C13H12N2O/c1-13(22)24-15-8-10-20(2)14(12-15)4-5-16-17-6-7-19(23)21(17,3)11-9-18(16)20;16-13(14-11-7-3-1-4-8-11)15-12-9-5-2-6-10-12/h4,15-18H,5-12H2,1-3H3;1-10H,(H2,14,15,16). The molecule has 0 aromatic heterocycles. The topological polar surface area (TPSA) is 84.5 Å². The molecule has 3 fully saturated rings. The number of carbonyl (C=O) groups is 3. The number of para-hydroxylation sites is 2. The molecule has 3 saturated carbocycles. The quantitative estimate of drug-likeness (QED) is 0.306. The fraction of sp³-hybridized carbons (Fsp3) is 0.500. The van der Waals surface area contributed by atoms with Crippen LogP contribution in [0.3, 0.4) is 0 Å². The average molecular weight is 543 g/mol. The van der Waals surface area contributed by atoms with Gasteiger partial charge in [0.25, 0.3) is 0 Å². The summed E-state index contributed by atoms with van der Waals surface area (Å²) in [4.78, 5) is 35.3. The van der Waals surface area contributed by atoms with E-state index in [0.717, 1.165) is 56.3 Å². The lowest BCUT2D eigenvalue weighted by atomic mass is 9.48. The van der Waals surface area contributed by atoms with Gasteiger partial charge < -0.3 is 15.4 Å². The molecule has 6 unspecified atom stereocenters. The van der Waals surface area contributed by atoms with E-state index in [2.05, 4.69) is 30.6 Å². The maximum absolute atomic E-state index is 12.4. The van der Waals surface area contributed by atoms with Gasteiger partial charge in [-0.2, -0.15) is 0 Å². The van der Waals surface area contributed by atoms with E-state index < -0.39 is 0 Å². The van der Waals surface area contributed by atoms with Crippen LogP contribution in [0.25, 0.3) is 0 Å². The van der Waals surface area contributed by atoms with Gasteiger partial charge in [-0.15, -0.1) is 0 Å². The maximum Gasteiger partial charge on any atom is 0.323 e. The highest BCUT2D eigenvalue weighted by molar-refractivity contribution is 5.99. The minimum absolute atomic E-state index is 0.0438. The molecular formula is C34H42N2O4. The van der Waals surface area contributed by atoms with Crippen molar-refractivity contribution in [1.29, 1.82) is 0 Å². The van der Waals surface area contributed by atoms with Gasteiger partial charge in [-0.3, -0.25) is 9.59 Å². The number of benzene rings is 2. The number of esters is 1. The third kappa shape index (κ3) is 5.72. The molecular weight excluding hydrogens is 500 g/mol. The first kappa shape index (κ1) is 28.1. The molecule has 212 valence electrons. The van der Waals surface area contributed by atoms with Gasteiger partial charge in [0.05, 0.1) is 0 Å². The first-order valence-electron chi connectivity index (χ1n) is 14.8. The lowest BCUT2D eigenvalue weighted by molar-refractivity contribution is -0.148. The number of amides is 2. The first-order valence-corrected chi connectivity index (χ1v) is 14.8. The highest BCUT2D eigenvalue weighted by atomic mass is 16.5. The summed E-state index contributed by atoms with van der Waals surface area (Å²) in [7, 11) is 0. The van der Waals surface area contributed by atoms with Crippen molar-refractivity contribution in [3.63, 3.8) is 0 Å². The zero-order valence-electron chi connectivity index (χ0n) is 24.0. The third-order valence-electron chi connectivity index (χ3n) is 10.2.